The Hall–Kier alpha value is -2.86. The molecule has 1 heterocycles. The van der Waals surface area contributed by atoms with Gasteiger partial charge >= 0.3 is 0 Å². The highest BCUT2D eigenvalue weighted by atomic mass is 35.5. The van der Waals surface area contributed by atoms with E-state index in [1.807, 2.05) is 43.3 Å². The Balaban J connectivity index is 1.81. The lowest BCUT2D eigenvalue weighted by Gasteiger charge is -2.16. The molecular formula is C19H19ClN4O2. The summed E-state index contributed by atoms with van der Waals surface area (Å²) in [5, 5.41) is 9.10. The summed E-state index contributed by atoms with van der Waals surface area (Å²) in [5.74, 6) is 0.361. The van der Waals surface area contributed by atoms with Gasteiger partial charge in [0.1, 0.15) is 6.54 Å². The van der Waals surface area contributed by atoms with Crippen molar-refractivity contribution < 1.29 is 4.79 Å². The number of nitrogens with one attached hydrogen (secondary N) is 1. The highest BCUT2D eigenvalue weighted by Crippen LogP contribution is 2.19. The van der Waals surface area contributed by atoms with Gasteiger partial charge in [0.15, 0.2) is 5.82 Å². The highest BCUT2D eigenvalue weighted by molar-refractivity contribution is 6.30. The number of anilines is 1. The van der Waals surface area contributed by atoms with Crippen molar-refractivity contribution in [2.75, 3.05) is 19.0 Å². The van der Waals surface area contributed by atoms with Crippen LogP contribution < -0.4 is 15.8 Å². The molecule has 0 spiro atoms. The molecule has 0 saturated heterocycles. The van der Waals surface area contributed by atoms with Crippen molar-refractivity contribution in [1.82, 2.24) is 15.1 Å². The highest BCUT2D eigenvalue weighted by Gasteiger charge is 2.13. The van der Waals surface area contributed by atoms with E-state index in [-0.39, 0.29) is 18.0 Å². The number of carbonyl (C=O) groups is 1. The summed E-state index contributed by atoms with van der Waals surface area (Å²) in [6, 6.07) is 14.5. The molecule has 0 atom stereocenters. The molecule has 3 aromatic rings. The van der Waals surface area contributed by atoms with Crippen LogP contribution in [0, 0.1) is 0 Å². The standard InChI is InChI=1S/C19H19ClN4O2/c1-23(2)18-15-5-3-4-6-16(15)19(26)24(22-18)12-17(25)21-11-13-7-9-14(20)10-8-13/h3-10H,11-12H2,1-2H3,(H,21,25). The molecule has 0 unspecified atom stereocenters. The van der Waals surface area contributed by atoms with E-state index in [1.165, 1.54) is 4.68 Å². The van der Waals surface area contributed by atoms with Crippen LogP contribution in [-0.4, -0.2) is 29.8 Å². The van der Waals surface area contributed by atoms with Crippen LogP contribution in [0.1, 0.15) is 5.56 Å². The van der Waals surface area contributed by atoms with Crippen LogP contribution >= 0.6 is 11.6 Å². The van der Waals surface area contributed by atoms with E-state index in [1.54, 1.807) is 24.3 Å². The lowest BCUT2D eigenvalue weighted by Crippen LogP contribution is -2.34. The van der Waals surface area contributed by atoms with Gasteiger partial charge in [0, 0.05) is 31.0 Å². The van der Waals surface area contributed by atoms with E-state index in [0.717, 1.165) is 10.9 Å². The van der Waals surface area contributed by atoms with Crippen molar-refractivity contribution in [2.24, 2.45) is 0 Å². The van der Waals surface area contributed by atoms with E-state index in [0.29, 0.717) is 22.8 Å². The van der Waals surface area contributed by atoms with Gasteiger partial charge in [-0.15, -0.1) is 0 Å². The zero-order valence-corrected chi connectivity index (χ0v) is 15.3. The minimum Gasteiger partial charge on any atom is -0.361 e. The Bertz CT molecular complexity index is 997. The Morgan fingerprint density at radius 2 is 1.77 bits per heavy atom. The largest absolute Gasteiger partial charge is 0.361 e. The second-order valence-corrected chi connectivity index (χ2v) is 6.57. The molecule has 1 N–H and O–H groups in total. The maximum atomic E-state index is 12.6. The summed E-state index contributed by atoms with van der Waals surface area (Å²) >= 11 is 5.85. The Labute approximate surface area is 156 Å². The third-order valence-electron chi connectivity index (χ3n) is 3.97. The molecule has 3 rings (SSSR count). The lowest BCUT2D eigenvalue weighted by molar-refractivity contribution is -0.122. The van der Waals surface area contributed by atoms with Crippen LogP contribution in [0.5, 0.6) is 0 Å². The normalized spacial score (nSPS) is 10.7. The van der Waals surface area contributed by atoms with Gasteiger partial charge in [0.05, 0.1) is 5.39 Å². The zero-order chi connectivity index (χ0) is 18.7. The fourth-order valence-corrected chi connectivity index (χ4v) is 2.78. The lowest BCUT2D eigenvalue weighted by atomic mass is 10.2. The van der Waals surface area contributed by atoms with Crippen molar-refractivity contribution in [1.29, 1.82) is 0 Å². The minimum absolute atomic E-state index is 0.141. The molecule has 0 saturated carbocycles. The van der Waals surface area contributed by atoms with E-state index in [2.05, 4.69) is 10.4 Å². The van der Waals surface area contributed by atoms with Gasteiger partial charge in [-0.05, 0) is 23.8 Å². The maximum absolute atomic E-state index is 12.6. The van der Waals surface area contributed by atoms with Crippen LogP contribution in [0.4, 0.5) is 5.82 Å². The van der Waals surface area contributed by atoms with E-state index in [9.17, 15) is 9.59 Å². The van der Waals surface area contributed by atoms with Crippen molar-refractivity contribution in [3.8, 4) is 0 Å². The molecule has 1 aromatic heterocycles. The fraction of sp³-hybridized carbons (Fsp3) is 0.211. The second-order valence-electron chi connectivity index (χ2n) is 6.13. The number of carbonyl (C=O) groups excluding carboxylic acids is 1. The summed E-state index contributed by atoms with van der Waals surface area (Å²) in [7, 11) is 3.70. The summed E-state index contributed by atoms with van der Waals surface area (Å²) in [6.07, 6.45) is 0. The van der Waals surface area contributed by atoms with Crippen LogP contribution in [0.15, 0.2) is 53.3 Å². The van der Waals surface area contributed by atoms with Gasteiger partial charge in [-0.3, -0.25) is 9.59 Å². The van der Waals surface area contributed by atoms with E-state index < -0.39 is 0 Å². The predicted octanol–water partition coefficient (Wildman–Crippen LogP) is 2.43. The number of halogens is 1. The first kappa shape index (κ1) is 17.9. The van der Waals surface area contributed by atoms with Crippen LogP contribution in [0.2, 0.25) is 5.02 Å². The first-order chi connectivity index (χ1) is 12.5. The minimum atomic E-state index is -0.284. The average Bonchev–Trinajstić information content (AvgIpc) is 2.63. The molecular weight excluding hydrogens is 352 g/mol. The van der Waals surface area contributed by atoms with E-state index in [4.69, 9.17) is 11.6 Å². The van der Waals surface area contributed by atoms with Gasteiger partial charge in [-0.1, -0.05) is 41.9 Å². The Morgan fingerprint density at radius 1 is 1.12 bits per heavy atom. The molecule has 1 amide bonds. The molecule has 0 bridgehead atoms. The summed E-state index contributed by atoms with van der Waals surface area (Å²) in [4.78, 5) is 26.7. The van der Waals surface area contributed by atoms with Crippen LogP contribution in [0.3, 0.4) is 0 Å². The molecule has 0 aliphatic rings. The topological polar surface area (TPSA) is 67.2 Å². The van der Waals surface area contributed by atoms with Crippen LogP contribution in [0.25, 0.3) is 10.8 Å². The molecule has 0 fully saturated rings. The van der Waals surface area contributed by atoms with Crippen molar-refractivity contribution in [2.45, 2.75) is 13.1 Å². The van der Waals surface area contributed by atoms with E-state index >= 15 is 0 Å². The molecule has 0 aliphatic heterocycles. The number of fused-ring (bicyclic) bond motifs is 1. The molecule has 7 heteroatoms. The monoisotopic (exact) mass is 370 g/mol. The molecule has 134 valence electrons. The van der Waals surface area contributed by atoms with Gasteiger partial charge < -0.3 is 10.2 Å². The van der Waals surface area contributed by atoms with Crippen molar-refractivity contribution >= 4 is 34.1 Å². The zero-order valence-electron chi connectivity index (χ0n) is 14.6. The first-order valence-corrected chi connectivity index (χ1v) is 8.52. The maximum Gasteiger partial charge on any atom is 0.275 e. The number of hydrogen-bond donors (Lipinski definition) is 1. The number of nitrogens with zero attached hydrogens (tertiary/aromatic N) is 3. The summed E-state index contributed by atoms with van der Waals surface area (Å²) < 4.78 is 1.20. The third kappa shape index (κ3) is 3.86. The van der Waals surface area contributed by atoms with Gasteiger partial charge in [-0.2, -0.15) is 5.10 Å². The summed E-state index contributed by atoms with van der Waals surface area (Å²) in [5.41, 5.74) is 0.642. The number of aromatic nitrogens is 2. The number of benzene rings is 2. The third-order valence-corrected chi connectivity index (χ3v) is 4.22. The summed E-state index contributed by atoms with van der Waals surface area (Å²) in [6.45, 7) is 0.219. The Kier molecular flexibility index (Phi) is 5.23. The number of hydrogen-bond acceptors (Lipinski definition) is 4. The SMILES string of the molecule is CN(C)c1nn(CC(=O)NCc2ccc(Cl)cc2)c(=O)c2ccccc12. The van der Waals surface area contributed by atoms with Crippen molar-refractivity contribution in [3.05, 3.63) is 69.5 Å². The second kappa shape index (κ2) is 7.58. The molecule has 0 aliphatic carbocycles. The average molecular weight is 371 g/mol. The fourth-order valence-electron chi connectivity index (χ4n) is 2.65. The Morgan fingerprint density at radius 3 is 2.42 bits per heavy atom. The number of amides is 1. The molecule has 0 radical (unpaired) electrons. The molecule has 2 aromatic carbocycles. The van der Waals surface area contributed by atoms with Gasteiger partial charge in [-0.25, -0.2) is 4.68 Å². The smallest absolute Gasteiger partial charge is 0.275 e. The quantitative estimate of drug-likeness (QED) is 0.749. The first-order valence-electron chi connectivity index (χ1n) is 8.14. The van der Waals surface area contributed by atoms with Crippen LogP contribution in [-0.2, 0) is 17.9 Å². The van der Waals surface area contributed by atoms with Gasteiger partial charge in [0.2, 0.25) is 5.91 Å². The van der Waals surface area contributed by atoms with Crippen molar-refractivity contribution in [3.63, 3.8) is 0 Å². The molecule has 6 nitrogen and oxygen atoms in total. The molecule has 26 heavy (non-hydrogen) atoms. The van der Waals surface area contributed by atoms with Gasteiger partial charge in [0.25, 0.3) is 5.56 Å². The predicted molar refractivity (Wildman–Crippen MR) is 104 cm³/mol. The number of rotatable bonds is 5.